The van der Waals surface area contributed by atoms with Crippen LogP contribution in [0.5, 0.6) is 0 Å². The lowest BCUT2D eigenvalue weighted by molar-refractivity contribution is 0.214. The van der Waals surface area contributed by atoms with Gasteiger partial charge in [-0.05, 0) is 35.9 Å². The van der Waals surface area contributed by atoms with E-state index in [1.54, 1.807) is 18.2 Å². The minimum Gasteiger partial charge on any atom is -0.399 e. The van der Waals surface area contributed by atoms with E-state index in [-0.39, 0.29) is 23.6 Å². The van der Waals surface area contributed by atoms with E-state index in [1.165, 1.54) is 29.9 Å². The van der Waals surface area contributed by atoms with Crippen LogP contribution in [0.3, 0.4) is 0 Å². The zero-order valence-corrected chi connectivity index (χ0v) is 15.3. The van der Waals surface area contributed by atoms with Crippen LogP contribution in [0.25, 0.3) is 16.6 Å². The van der Waals surface area contributed by atoms with Gasteiger partial charge in [-0.3, -0.25) is 9.36 Å². The maximum absolute atomic E-state index is 13.7. The summed E-state index contributed by atoms with van der Waals surface area (Å²) in [6.45, 7) is -0.0562. The fraction of sp³-hybridized carbons (Fsp3) is 0.118. The van der Waals surface area contributed by atoms with Gasteiger partial charge < -0.3 is 4.84 Å². The van der Waals surface area contributed by atoms with Crippen LogP contribution in [-0.4, -0.2) is 30.8 Å². The zero-order chi connectivity index (χ0) is 20.1. The quantitative estimate of drug-likeness (QED) is 0.480. The first-order valence-electron chi connectivity index (χ1n) is 8.03. The molecule has 0 radical (unpaired) electrons. The number of oxime groups is 1. The summed E-state index contributed by atoms with van der Waals surface area (Å²) >= 11 is 0. The molecule has 0 amide bonds. The fourth-order valence-electron chi connectivity index (χ4n) is 3.10. The van der Waals surface area contributed by atoms with Crippen LogP contribution >= 0.6 is 0 Å². The lowest BCUT2D eigenvalue weighted by Gasteiger charge is -2.08. The number of aromatic nitrogens is 2. The molecule has 1 aliphatic heterocycles. The summed E-state index contributed by atoms with van der Waals surface area (Å²) in [5.41, 5.74) is 1.60. The maximum atomic E-state index is 13.7. The second-order valence-electron chi connectivity index (χ2n) is 6.08. The summed E-state index contributed by atoms with van der Waals surface area (Å²) in [6, 6.07) is 8.70. The van der Waals surface area contributed by atoms with Gasteiger partial charge in [-0.25, -0.2) is 14.5 Å². The Kier molecular flexibility index (Phi) is 4.22. The zero-order valence-electron chi connectivity index (χ0n) is 14.5. The molecule has 144 valence electrons. The molecule has 0 bridgehead atoms. The average Bonchev–Trinajstić information content (AvgIpc) is 2.93. The predicted octanol–water partition coefficient (Wildman–Crippen LogP) is 0.530. The van der Waals surface area contributed by atoms with E-state index in [1.807, 2.05) is 0 Å². The van der Waals surface area contributed by atoms with Gasteiger partial charge in [-0.15, -0.1) is 0 Å². The number of halogens is 1. The first-order chi connectivity index (χ1) is 13.3. The highest BCUT2D eigenvalue weighted by Crippen LogP contribution is 2.28. The topological polar surface area (TPSA) is 129 Å². The van der Waals surface area contributed by atoms with Gasteiger partial charge >= 0.3 is 0 Å². The van der Waals surface area contributed by atoms with Gasteiger partial charge in [0.05, 0.1) is 16.6 Å². The Morgan fingerprint density at radius 3 is 2.79 bits per heavy atom. The van der Waals surface area contributed by atoms with Gasteiger partial charge in [-0.2, -0.15) is 13.1 Å². The minimum atomic E-state index is -3.86. The van der Waals surface area contributed by atoms with Crippen molar-refractivity contribution < 1.29 is 17.6 Å². The Hall–Kier alpha value is -3.15. The third kappa shape index (κ3) is 3.05. The molecule has 0 fully saturated rings. The molecule has 9 nitrogen and oxygen atoms in total. The molecule has 0 aliphatic carbocycles. The van der Waals surface area contributed by atoms with Gasteiger partial charge in [0.25, 0.3) is 15.8 Å². The molecule has 11 heteroatoms. The van der Waals surface area contributed by atoms with Crippen LogP contribution in [0.4, 0.5) is 4.39 Å². The number of rotatable bonds is 4. The fourth-order valence-corrected chi connectivity index (χ4v) is 3.47. The van der Waals surface area contributed by atoms with Crippen LogP contribution in [0.15, 0.2) is 46.3 Å². The summed E-state index contributed by atoms with van der Waals surface area (Å²) in [6.07, 6.45) is 0. The average molecular weight is 403 g/mol. The Morgan fingerprint density at radius 1 is 1.29 bits per heavy atom. The van der Waals surface area contributed by atoms with E-state index in [4.69, 9.17) is 9.98 Å². The SMILES string of the molecule is CO/N=C1\c2cc(F)ccc2-n2c1nc1cc(CNS(N)(=O)=O)ccc1c2=O. The number of nitrogens with one attached hydrogen (secondary N) is 1. The van der Waals surface area contributed by atoms with Crippen LogP contribution in [-0.2, 0) is 21.6 Å². The molecule has 0 unspecified atom stereocenters. The molecule has 4 rings (SSSR count). The number of fused-ring (bicyclic) bond motifs is 4. The highest BCUT2D eigenvalue weighted by molar-refractivity contribution is 7.87. The second-order valence-corrected chi connectivity index (χ2v) is 7.46. The number of hydrogen-bond acceptors (Lipinski definition) is 6. The lowest BCUT2D eigenvalue weighted by atomic mass is 10.1. The van der Waals surface area contributed by atoms with Gasteiger partial charge in [0.2, 0.25) is 0 Å². The number of benzene rings is 2. The van der Waals surface area contributed by atoms with E-state index in [0.717, 1.165) is 0 Å². The van der Waals surface area contributed by atoms with Crippen molar-refractivity contribution in [3.63, 3.8) is 0 Å². The van der Waals surface area contributed by atoms with Crippen molar-refractivity contribution in [1.82, 2.24) is 14.3 Å². The first-order valence-corrected chi connectivity index (χ1v) is 9.58. The summed E-state index contributed by atoms with van der Waals surface area (Å²) in [7, 11) is -2.52. The number of nitrogens with two attached hydrogens (primary N) is 1. The van der Waals surface area contributed by atoms with E-state index in [9.17, 15) is 17.6 Å². The molecule has 2 aromatic carbocycles. The molecule has 1 aliphatic rings. The van der Waals surface area contributed by atoms with Crippen molar-refractivity contribution in [2.45, 2.75) is 6.54 Å². The summed E-state index contributed by atoms with van der Waals surface area (Å²) in [5, 5.41) is 9.16. The Labute approximate surface area is 158 Å². The molecule has 0 atom stereocenters. The van der Waals surface area contributed by atoms with E-state index in [2.05, 4.69) is 14.9 Å². The van der Waals surface area contributed by atoms with Crippen molar-refractivity contribution >= 4 is 26.8 Å². The van der Waals surface area contributed by atoms with Crippen molar-refractivity contribution in [3.05, 3.63) is 69.5 Å². The molecule has 3 aromatic rings. The third-order valence-electron chi connectivity index (χ3n) is 4.26. The molecule has 3 N–H and O–H groups in total. The van der Waals surface area contributed by atoms with E-state index < -0.39 is 16.0 Å². The molecular formula is C17H14FN5O4S. The molecule has 2 heterocycles. The molecule has 0 saturated carbocycles. The van der Waals surface area contributed by atoms with Crippen molar-refractivity contribution in [2.24, 2.45) is 10.3 Å². The van der Waals surface area contributed by atoms with Gasteiger partial charge in [0.1, 0.15) is 12.9 Å². The first kappa shape index (κ1) is 18.2. The largest absolute Gasteiger partial charge is 0.399 e. The Morgan fingerprint density at radius 2 is 2.07 bits per heavy atom. The number of nitrogens with zero attached hydrogens (tertiary/aromatic N) is 3. The van der Waals surface area contributed by atoms with E-state index >= 15 is 0 Å². The number of hydrogen-bond donors (Lipinski definition) is 2. The second kappa shape index (κ2) is 6.48. The summed E-state index contributed by atoms with van der Waals surface area (Å²) < 4.78 is 39.4. The third-order valence-corrected chi connectivity index (χ3v) is 4.81. The normalized spacial score (nSPS) is 14.3. The van der Waals surface area contributed by atoms with Crippen molar-refractivity contribution in [1.29, 1.82) is 0 Å². The molecule has 0 spiro atoms. The smallest absolute Gasteiger partial charge is 0.274 e. The summed E-state index contributed by atoms with van der Waals surface area (Å²) in [4.78, 5) is 22.4. The summed E-state index contributed by atoms with van der Waals surface area (Å²) in [5.74, 6) is -0.277. The molecule has 0 saturated heterocycles. The van der Waals surface area contributed by atoms with Gasteiger partial charge in [0, 0.05) is 12.1 Å². The van der Waals surface area contributed by atoms with Crippen molar-refractivity contribution in [2.75, 3.05) is 7.11 Å². The maximum Gasteiger partial charge on any atom is 0.274 e. The lowest BCUT2D eigenvalue weighted by Crippen LogP contribution is -2.30. The standard InChI is InChI=1S/C17H14FN5O4S/c1-27-22-15-12-7-10(18)3-5-14(12)23-16(15)21-13-6-9(8-20-28(19,25)26)2-4-11(13)17(23)24/h2-7,20H,8H2,1H3,(H2,19,25,26)/b22-15+. The van der Waals surface area contributed by atoms with Crippen LogP contribution < -0.4 is 15.4 Å². The Balaban J connectivity index is 1.93. The highest BCUT2D eigenvalue weighted by Gasteiger charge is 2.30. The molecular weight excluding hydrogens is 389 g/mol. The van der Waals surface area contributed by atoms with Gasteiger partial charge in [-0.1, -0.05) is 11.2 Å². The van der Waals surface area contributed by atoms with E-state index in [0.29, 0.717) is 27.7 Å². The minimum absolute atomic E-state index is 0.0562. The van der Waals surface area contributed by atoms with Crippen LogP contribution in [0.2, 0.25) is 0 Å². The highest BCUT2D eigenvalue weighted by atomic mass is 32.2. The van der Waals surface area contributed by atoms with Crippen LogP contribution in [0, 0.1) is 5.82 Å². The molecule has 1 aromatic heterocycles. The van der Waals surface area contributed by atoms with Crippen molar-refractivity contribution in [3.8, 4) is 5.69 Å². The van der Waals surface area contributed by atoms with Crippen LogP contribution in [0.1, 0.15) is 17.0 Å². The molecule has 28 heavy (non-hydrogen) atoms. The van der Waals surface area contributed by atoms with Gasteiger partial charge in [0.15, 0.2) is 11.5 Å². The predicted molar refractivity (Wildman–Crippen MR) is 99.9 cm³/mol. The Bertz CT molecular complexity index is 1320. The monoisotopic (exact) mass is 403 g/mol.